The van der Waals surface area contributed by atoms with Crippen LogP contribution in [0.25, 0.3) is 0 Å². The van der Waals surface area contributed by atoms with Crippen LogP contribution in [0, 0.1) is 17.5 Å². The highest BCUT2D eigenvalue weighted by Gasteiger charge is 2.23. The third kappa shape index (κ3) is 3.39. The second-order valence-corrected chi connectivity index (χ2v) is 5.08. The van der Waals surface area contributed by atoms with Gasteiger partial charge in [-0.2, -0.15) is 0 Å². The molecule has 0 aliphatic carbocycles. The van der Waals surface area contributed by atoms with Gasteiger partial charge < -0.3 is 5.32 Å². The van der Waals surface area contributed by atoms with E-state index in [1.165, 1.54) is 24.3 Å². The van der Waals surface area contributed by atoms with Crippen LogP contribution in [0.15, 0.2) is 36.4 Å². The summed E-state index contributed by atoms with van der Waals surface area (Å²) in [4.78, 5) is 0. The quantitative estimate of drug-likeness (QED) is 0.832. The van der Waals surface area contributed by atoms with Gasteiger partial charge in [0.1, 0.15) is 5.82 Å². The van der Waals surface area contributed by atoms with Crippen molar-refractivity contribution in [2.75, 3.05) is 6.54 Å². The molecule has 0 fully saturated rings. The second kappa shape index (κ2) is 6.96. The minimum absolute atomic E-state index is 0.0485. The Morgan fingerprint density at radius 2 is 1.62 bits per heavy atom. The lowest BCUT2D eigenvalue weighted by molar-refractivity contribution is 0.474. The van der Waals surface area contributed by atoms with Crippen LogP contribution in [0.1, 0.15) is 30.5 Å². The van der Waals surface area contributed by atoms with Crippen molar-refractivity contribution in [1.29, 1.82) is 0 Å². The molecule has 0 saturated carbocycles. The molecule has 1 atom stereocenters. The van der Waals surface area contributed by atoms with Crippen LogP contribution >= 0.6 is 11.6 Å². The fourth-order valence-electron chi connectivity index (χ4n) is 2.16. The summed E-state index contributed by atoms with van der Waals surface area (Å²) in [5.74, 6) is -2.57. The normalized spacial score (nSPS) is 12.4. The summed E-state index contributed by atoms with van der Waals surface area (Å²) in [7, 11) is 0. The maximum atomic E-state index is 14.2. The van der Waals surface area contributed by atoms with Crippen molar-refractivity contribution in [3.8, 4) is 0 Å². The molecule has 2 rings (SSSR count). The molecule has 0 bridgehead atoms. The van der Waals surface area contributed by atoms with Crippen molar-refractivity contribution in [2.24, 2.45) is 0 Å². The molecule has 0 spiro atoms. The van der Waals surface area contributed by atoms with Crippen LogP contribution in [0.5, 0.6) is 0 Å². The van der Waals surface area contributed by atoms with Crippen LogP contribution in [0.3, 0.4) is 0 Å². The monoisotopic (exact) mass is 313 g/mol. The maximum absolute atomic E-state index is 14.2. The highest BCUT2D eigenvalue weighted by Crippen LogP contribution is 2.30. The van der Waals surface area contributed by atoms with Gasteiger partial charge >= 0.3 is 0 Å². The molecule has 1 N–H and O–H groups in total. The smallest absolute Gasteiger partial charge is 0.163 e. The molecule has 2 aromatic rings. The number of nitrogens with one attached hydrogen (secondary N) is 1. The summed E-state index contributed by atoms with van der Waals surface area (Å²) in [5.41, 5.74) is 0.255. The molecule has 1 nitrogen and oxygen atoms in total. The van der Waals surface area contributed by atoms with Crippen molar-refractivity contribution < 1.29 is 13.2 Å². The molecular weight excluding hydrogens is 299 g/mol. The zero-order valence-electron chi connectivity index (χ0n) is 11.5. The van der Waals surface area contributed by atoms with Gasteiger partial charge in [0, 0.05) is 11.1 Å². The molecule has 5 heteroatoms. The van der Waals surface area contributed by atoms with Gasteiger partial charge in [0.2, 0.25) is 0 Å². The molecule has 2 aromatic carbocycles. The summed E-state index contributed by atoms with van der Waals surface area (Å²) in [6.45, 7) is 2.47. The van der Waals surface area contributed by atoms with E-state index in [2.05, 4.69) is 5.32 Å². The first-order valence-corrected chi connectivity index (χ1v) is 7.05. The van der Waals surface area contributed by atoms with Gasteiger partial charge in [-0.25, -0.2) is 13.2 Å². The van der Waals surface area contributed by atoms with Gasteiger partial charge in [0.15, 0.2) is 11.6 Å². The van der Waals surface area contributed by atoms with Crippen LogP contribution in [0.4, 0.5) is 13.2 Å². The molecule has 0 aliphatic heterocycles. The lowest BCUT2D eigenvalue weighted by atomic mass is 9.97. The second-order valence-electron chi connectivity index (χ2n) is 4.67. The van der Waals surface area contributed by atoms with Gasteiger partial charge in [-0.3, -0.25) is 0 Å². The average molecular weight is 314 g/mol. The summed E-state index contributed by atoms with van der Waals surface area (Å²) in [5, 5.41) is 2.98. The number of hydrogen-bond donors (Lipinski definition) is 1. The van der Waals surface area contributed by atoms with Crippen molar-refractivity contribution in [1.82, 2.24) is 5.32 Å². The Hall–Kier alpha value is -1.52. The van der Waals surface area contributed by atoms with E-state index in [4.69, 9.17) is 11.6 Å². The fourth-order valence-corrected chi connectivity index (χ4v) is 2.34. The molecule has 1 unspecified atom stereocenters. The topological polar surface area (TPSA) is 12.0 Å². The number of rotatable bonds is 5. The lowest BCUT2D eigenvalue weighted by Gasteiger charge is -2.21. The van der Waals surface area contributed by atoms with E-state index in [9.17, 15) is 13.2 Å². The fraction of sp³-hybridized carbons (Fsp3) is 0.250. The number of halogens is 4. The Kier molecular flexibility index (Phi) is 5.26. The SMILES string of the molecule is CCCNC(c1cccc(F)c1F)c1cccc(Cl)c1F. The Morgan fingerprint density at radius 1 is 1.00 bits per heavy atom. The third-order valence-electron chi connectivity index (χ3n) is 3.18. The predicted octanol–water partition coefficient (Wildman–Crippen LogP) is 4.85. The summed E-state index contributed by atoms with van der Waals surface area (Å²) < 4.78 is 41.7. The Bertz CT molecular complexity index is 579. The molecule has 21 heavy (non-hydrogen) atoms. The average Bonchev–Trinajstić information content (AvgIpc) is 2.47. The number of hydrogen-bond acceptors (Lipinski definition) is 1. The summed E-state index contributed by atoms with van der Waals surface area (Å²) >= 11 is 5.78. The molecule has 0 saturated heterocycles. The standard InChI is InChI=1S/C16H15ClF3N/c1-2-9-21-16(10-5-3-7-12(17)14(10)19)11-6-4-8-13(18)15(11)20/h3-8,16,21H,2,9H2,1H3. The van der Waals surface area contributed by atoms with E-state index in [1.54, 1.807) is 6.07 Å². The minimum atomic E-state index is -0.981. The first kappa shape index (κ1) is 15.9. The van der Waals surface area contributed by atoms with E-state index < -0.39 is 23.5 Å². The van der Waals surface area contributed by atoms with E-state index in [0.29, 0.717) is 6.54 Å². The van der Waals surface area contributed by atoms with Crippen LogP contribution < -0.4 is 5.32 Å². The molecule has 112 valence electrons. The first-order valence-electron chi connectivity index (χ1n) is 6.67. The van der Waals surface area contributed by atoms with Crippen molar-refractivity contribution in [2.45, 2.75) is 19.4 Å². The van der Waals surface area contributed by atoms with Crippen molar-refractivity contribution in [3.63, 3.8) is 0 Å². The van der Waals surface area contributed by atoms with E-state index >= 15 is 0 Å². The van der Waals surface area contributed by atoms with Crippen molar-refractivity contribution in [3.05, 3.63) is 70.0 Å². The number of benzene rings is 2. The zero-order valence-corrected chi connectivity index (χ0v) is 12.2. The van der Waals surface area contributed by atoms with E-state index in [1.807, 2.05) is 6.92 Å². The van der Waals surface area contributed by atoms with Crippen LogP contribution in [-0.4, -0.2) is 6.54 Å². The van der Waals surface area contributed by atoms with E-state index in [-0.39, 0.29) is 16.1 Å². The van der Waals surface area contributed by atoms with Crippen LogP contribution in [-0.2, 0) is 0 Å². The Balaban J connectivity index is 2.52. The van der Waals surface area contributed by atoms with Gasteiger partial charge in [0.25, 0.3) is 0 Å². The summed E-state index contributed by atoms with van der Waals surface area (Å²) in [6, 6.07) is 7.59. The highest BCUT2D eigenvalue weighted by molar-refractivity contribution is 6.30. The molecule has 0 aliphatic rings. The van der Waals surface area contributed by atoms with Gasteiger partial charge in [-0.15, -0.1) is 0 Å². The summed E-state index contributed by atoms with van der Waals surface area (Å²) in [6.07, 6.45) is 0.773. The van der Waals surface area contributed by atoms with Crippen molar-refractivity contribution >= 4 is 11.6 Å². The van der Waals surface area contributed by atoms with Gasteiger partial charge in [-0.05, 0) is 25.1 Å². The van der Waals surface area contributed by atoms with Crippen LogP contribution in [0.2, 0.25) is 5.02 Å². The minimum Gasteiger partial charge on any atom is -0.306 e. The van der Waals surface area contributed by atoms with Gasteiger partial charge in [-0.1, -0.05) is 42.8 Å². The molecular formula is C16H15ClF3N. The zero-order chi connectivity index (χ0) is 15.4. The molecule has 0 radical (unpaired) electrons. The molecule has 0 amide bonds. The lowest BCUT2D eigenvalue weighted by Crippen LogP contribution is -2.25. The highest BCUT2D eigenvalue weighted by atomic mass is 35.5. The van der Waals surface area contributed by atoms with E-state index in [0.717, 1.165) is 12.5 Å². The molecule has 0 aromatic heterocycles. The predicted molar refractivity (Wildman–Crippen MR) is 77.9 cm³/mol. The first-order chi connectivity index (χ1) is 10.1. The Labute approximate surface area is 126 Å². The Morgan fingerprint density at radius 3 is 2.29 bits per heavy atom. The third-order valence-corrected chi connectivity index (χ3v) is 3.48. The maximum Gasteiger partial charge on any atom is 0.163 e. The largest absolute Gasteiger partial charge is 0.306 e. The van der Waals surface area contributed by atoms with Gasteiger partial charge in [0.05, 0.1) is 11.1 Å². The molecule has 0 heterocycles.